The Bertz CT molecular complexity index is 822. The standard InChI is InChI=1S/C22H28O8/c1-23-13-29-20-16(9-10-17(25-3)22(20)30-14-24-2)8-7-15-11-18(26-4)21(28-6)19(12-15)27-5/h7-12H,13-14H2,1-6H3/b8-7-. The molecule has 164 valence electrons. The molecule has 0 atom stereocenters. The molecule has 2 rings (SSSR count). The molecule has 0 aliphatic carbocycles. The van der Waals surface area contributed by atoms with Crippen molar-refractivity contribution in [2.45, 2.75) is 0 Å². The zero-order chi connectivity index (χ0) is 21.9. The van der Waals surface area contributed by atoms with Gasteiger partial charge in [-0.15, -0.1) is 0 Å². The Balaban J connectivity index is 2.49. The van der Waals surface area contributed by atoms with Gasteiger partial charge in [-0.25, -0.2) is 0 Å². The second-order valence-electron chi connectivity index (χ2n) is 5.91. The molecule has 0 unspecified atom stereocenters. The maximum atomic E-state index is 5.77. The van der Waals surface area contributed by atoms with E-state index in [9.17, 15) is 0 Å². The number of hydrogen-bond donors (Lipinski definition) is 0. The van der Waals surface area contributed by atoms with E-state index in [0.29, 0.717) is 34.5 Å². The highest BCUT2D eigenvalue weighted by Crippen LogP contribution is 2.42. The molecule has 8 heteroatoms. The van der Waals surface area contributed by atoms with Crippen molar-refractivity contribution >= 4 is 12.2 Å². The Labute approximate surface area is 176 Å². The molecule has 0 N–H and O–H groups in total. The molecule has 0 aromatic heterocycles. The van der Waals surface area contributed by atoms with Crippen LogP contribution in [0.1, 0.15) is 11.1 Å². The smallest absolute Gasteiger partial charge is 0.206 e. The lowest BCUT2D eigenvalue weighted by molar-refractivity contribution is 0.0306. The first-order valence-corrected chi connectivity index (χ1v) is 9.06. The summed E-state index contributed by atoms with van der Waals surface area (Å²) in [5, 5.41) is 0. The summed E-state index contributed by atoms with van der Waals surface area (Å²) in [6, 6.07) is 7.34. The highest BCUT2D eigenvalue weighted by atomic mass is 16.7. The summed E-state index contributed by atoms with van der Waals surface area (Å²) in [5.41, 5.74) is 1.60. The van der Waals surface area contributed by atoms with Crippen molar-refractivity contribution in [3.05, 3.63) is 35.4 Å². The predicted molar refractivity (Wildman–Crippen MR) is 113 cm³/mol. The van der Waals surface area contributed by atoms with E-state index in [-0.39, 0.29) is 13.6 Å². The number of hydrogen-bond acceptors (Lipinski definition) is 8. The summed E-state index contributed by atoms with van der Waals surface area (Å²) in [6.45, 7) is 0.0846. The summed E-state index contributed by atoms with van der Waals surface area (Å²) in [4.78, 5) is 0. The second kappa shape index (κ2) is 11.8. The molecular formula is C22H28O8. The van der Waals surface area contributed by atoms with Crippen molar-refractivity contribution in [3.63, 3.8) is 0 Å². The Kier molecular flexibility index (Phi) is 9.11. The summed E-state index contributed by atoms with van der Waals surface area (Å²) in [6.07, 6.45) is 3.77. The monoisotopic (exact) mass is 420 g/mol. The van der Waals surface area contributed by atoms with Crippen LogP contribution in [0, 0.1) is 0 Å². The number of ether oxygens (including phenoxy) is 8. The van der Waals surface area contributed by atoms with Gasteiger partial charge in [0.05, 0.1) is 28.4 Å². The highest BCUT2D eigenvalue weighted by molar-refractivity contribution is 5.77. The van der Waals surface area contributed by atoms with E-state index < -0.39 is 0 Å². The number of benzene rings is 2. The fourth-order valence-corrected chi connectivity index (χ4v) is 2.76. The molecule has 0 aliphatic rings. The molecule has 8 nitrogen and oxygen atoms in total. The third-order valence-corrected chi connectivity index (χ3v) is 4.11. The molecule has 0 heterocycles. The van der Waals surface area contributed by atoms with Crippen LogP contribution < -0.4 is 28.4 Å². The van der Waals surface area contributed by atoms with Crippen LogP contribution in [0.15, 0.2) is 24.3 Å². The van der Waals surface area contributed by atoms with Crippen molar-refractivity contribution in [3.8, 4) is 34.5 Å². The van der Waals surface area contributed by atoms with Gasteiger partial charge in [0.2, 0.25) is 11.5 Å². The van der Waals surface area contributed by atoms with E-state index >= 15 is 0 Å². The highest BCUT2D eigenvalue weighted by Gasteiger charge is 2.17. The molecule has 30 heavy (non-hydrogen) atoms. The van der Waals surface area contributed by atoms with Crippen LogP contribution in [0.5, 0.6) is 34.5 Å². The first-order valence-electron chi connectivity index (χ1n) is 9.06. The van der Waals surface area contributed by atoms with Crippen molar-refractivity contribution in [2.75, 3.05) is 56.2 Å². The zero-order valence-electron chi connectivity index (χ0n) is 18.1. The van der Waals surface area contributed by atoms with E-state index in [1.807, 2.05) is 30.4 Å². The van der Waals surface area contributed by atoms with Crippen molar-refractivity contribution in [1.29, 1.82) is 0 Å². The fraction of sp³-hybridized carbons (Fsp3) is 0.364. The van der Waals surface area contributed by atoms with E-state index in [1.54, 1.807) is 41.6 Å². The second-order valence-corrected chi connectivity index (χ2v) is 5.91. The molecular weight excluding hydrogens is 392 g/mol. The van der Waals surface area contributed by atoms with E-state index in [1.165, 1.54) is 7.11 Å². The van der Waals surface area contributed by atoms with Crippen LogP contribution in [0.4, 0.5) is 0 Å². The summed E-state index contributed by atoms with van der Waals surface area (Å²) >= 11 is 0. The van der Waals surface area contributed by atoms with Crippen LogP contribution in [0.2, 0.25) is 0 Å². The molecule has 0 amide bonds. The van der Waals surface area contributed by atoms with E-state index in [0.717, 1.165) is 11.1 Å². The molecule has 0 aliphatic heterocycles. The van der Waals surface area contributed by atoms with Gasteiger partial charge in [0.15, 0.2) is 36.6 Å². The maximum Gasteiger partial charge on any atom is 0.206 e. The quantitative estimate of drug-likeness (QED) is 0.379. The molecule has 2 aromatic rings. The summed E-state index contributed by atoms with van der Waals surface area (Å²) in [5.74, 6) is 3.06. The van der Waals surface area contributed by atoms with Crippen molar-refractivity contribution in [1.82, 2.24) is 0 Å². The Hall–Kier alpha value is -3.10. The minimum absolute atomic E-state index is 0.0414. The Morgan fingerprint density at radius 2 is 1.17 bits per heavy atom. The molecule has 0 fully saturated rings. The van der Waals surface area contributed by atoms with Gasteiger partial charge in [-0.1, -0.05) is 12.2 Å². The normalized spacial score (nSPS) is 10.7. The molecule has 0 spiro atoms. The molecule has 0 bridgehead atoms. The van der Waals surface area contributed by atoms with Gasteiger partial charge in [-0.2, -0.15) is 0 Å². The van der Waals surface area contributed by atoms with E-state index in [4.69, 9.17) is 37.9 Å². The number of methoxy groups -OCH3 is 6. The minimum Gasteiger partial charge on any atom is -0.493 e. The van der Waals surface area contributed by atoms with Gasteiger partial charge < -0.3 is 37.9 Å². The maximum absolute atomic E-state index is 5.77. The van der Waals surface area contributed by atoms with Crippen LogP contribution in [-0.4, -0.2) is 56.2 Å². The van der Waals surface area contributed by atoms with Gasteiger partial charge in [-0.3, -0.25) is 0 Å². The molecule has 0 saturated heterocycles. The van der Waals surface area contributed by atoms with Gasteiger partial charge in [0.25, 0.3) is 0 Å². The molecule has 0 saturated carbocycles. The van der Waals surface area contributed by atoms with Crippen LogP contribution in [-0.2, 0) is 9.47 Å². The summed E-state index contributed by atoms with van der Waals surface area (Å²) in [7, 11) is 9.35. The average Bonchev–Trinajstić information content (AvgIpc) is 2.79. The van der Waals surface area contributed by atoms with Crippen LogP contribution in [0.25, 0.3) is 12.2 Å². The third-order valence-electron chi connectivity index (χ3n) is 4.11. The van der Waals surface area contributed by atoms with E-state index in [2.05, 4.69) is 0 Å². The Morgan fingerprint density at radius 1 is 0.600 bits per heavy atom. The molecule has 2 aromatic carbocycles. The topological polar surface area (TPSA) is 73.8 Å². The molecule has 0 radical (unpaired) electrons. The largest absolute Gasteiger partial charge is 0.493 e. The van der Waals surface area contributed by atoms with Gasteiger partial charge in [0.1, 0.15) is 0 Å². The SMILES string of the molecule is COCOc1c(/C=C\c2cc(OC)c(OC)c(OC)c2)ccc(OC)c1OCOC. The lowest BCUT2D eigenvalue weighted by atomic mass is 10.1. The van der Waals surface area contributed by atoms with Gasteiger partial charge in [-0.05, 0) is 29.8 Å². The van der Waals surface area contributed by atoms with Crippen molar-refractivity contribution in [2.24, 2.45) is 0 Å². The first-order chi connectivity index (χ1) is 14.6. The predicted octanol–water partition coefficient (Wildman–Crippen LogP) is 3.86. The average molecular weight is 420 g/mol. The fourth-order valence-electron chi connectivity index (χ4n) is 2.76. The van der Waals surface area contributed by atoms with Crippen LogP contribution in [0.3, 0.4) is 0 Å². The first kappa shape index (κ1) is 23.2. The lowest BCUT2D eigenvalue weighted by Gasteiger charge is -2.17. The van der Waals surface area contributed by atoms with Gasteiger partial charge >= 0.3 is 0 Å². The van der Waals surface area contributed by atoms with Crippen LogP contribution >= 0.6 is 0 Å². The van der Waals surface area contributed by atoms with Crippen molar-refractivity contribution < 1.29 is 37.9 Å². The zero-order valence-corrected chi connectivity index (χ0v) is 18.1. The Morgan fingerprint density at radius 3 is 1.67 bits per heavy atom. The lowest BCUT2D eigenvalue weighted by Crippen LogP contribution is -2.07. The number of rotatable bonds is 12. The third kappa shape index (κ3) is 5.49. The van der Waals surface area contributed by atoms with Gasteiger partial charge in [0, 0.05) is 19.8 Å². The minimum atomic E-state index is 0.0414. The summed E-state index contributed by atoms with van der Waals surface area (Å²) < 4.78 is 43.1.